The zero-order chi connectivity index (χ0) is 22.4. The molecule has 0 aliphatic heterocycles. The second-order valence-electron chi connectivity index (χ2n) is 11.7. The van der Waals surface area contributed by atoms with Crippen molar-refractivity contribution in [1.82, 2.24) is 5.32 Å². The Labute approximate surface area is 193 Å². The second-order valence-corrected chi connectivity index (χ2v) is 11.7. The van der Waals surface area contributed by atoms with Gasteiger partial charge in [0.15, 0.2) is 11.5 Å². The molecule has 0 saturated heterocycles. The van der Waals surface area contributed by atoms with E-state index >= 15 is 0 Å². The van der Waals surface area contributed by atoms with E-state index in [1.165, 1.54) is 55.2 Å². The van der Waals surface area contributed by atoms with E-state index in [4.69, 9.17) is 9.47 Å². The van der Waals surface area contributed by atoms with E-state index in [1.807, 2.05) is 6.92 Å². The molecule has 0 spiro atoms. The van der Waals surface area contributed by atoms with Crippen molar-refractivity contribution in [2.45, 2.75) is 84.9 Å². The predicted octanol–water partition coefficient (Wildman–Crippen LogP) is 6.81. The molecule has 0 amide bonds. The Hall–Kier alpha value is -2.00. The van der Waals surface area contributed by atoms with Gasteiger partial charge in [0.2, 0.25) is 0 Å². The Kier molecular flexibility index (Phi) is 5.52. The van der Waals surface area contributed by atoms with Gasteiger partial charge in [0.25, 0.3) is 0 Å². The predicted molar refractivity (Wildman–Crippen MR) is 130 cm³/mol. The van der Waals surface area contributed by atoms with Crippen molar-refractivity contribution in [3.8, 4) is 11.5 Å². The van der Waals surface area contributed by atoms with Crippen molar-refractivity contribution in [3.05, 3.63) is 59.2 Å². The highest BCUT2D eigenvalue weighted by molar-refractivity contribution is 5.43. The van der Waals surface area contributed by atoms with Gasteiger partial charge < -0.3 is 14.8 Å². The number of aryl methyl sites for hydroxylation is 1. The van der Waals surface area contributed by atoms with Crippen molar-refractivity contribution >= 4 is 0 Å². The molecule has 6 rings (SSSR count). The van der Waals surface area contributed by atoms with Gasteiger partial charge in [-0.1, -0.05) is 44.2 Å². The fourth-order valence-electron chi connectivity index (χ4n) is 7.91. The third kappa shape index (κ3) is 4.29. The van der Waals surface area contributed by atoms with Crippen molar-refractivity contribution in [3.63, 3.8) is 0 Å². The number of hydrogen-bond donors (Lipinski definition) is 1. The monoisotopic (exact) mass is 433 g/mol. The summed E-state index contributed by atoms with van der Waals surface area (Å²) in [6, 6.07) is 14.8. The summed E-state index contributed by atoms with van der Waals surface area (Å²) >= 11 is 0. The van der Waals surface area contributed by atoms with Gasteiger partial charge in [-0.25, -0.2) is 0 Å². The van der Waals surface area contributed by atoms with E-state index in [-0.39, 0.29) is 0 Å². The van der Waals surface area contributed by atoms with Crippen LogP contribution < -0.4 is 14.8 Å². The average molecular weight is 434 g/mol. The van der Waals surface area contributed by atoms with Crippen molar-refractivity contribution < 1.29 is 9.47 Å². The molecule has 172 valence electrons. The summed E-state index contributed by atoms with van der Waals surface area (Å²) in [4.78, 5) is 0. The molecule has 4 aliphatic rings. The van der Waals surface area contributed by atoms with Crippen LogP contribution in [0.15, 0.2) is 42.5 Å². The minimum Gasteiger partial charge on any atom is -0.490 e. The van der Waals surface area contributed by atoms with Crippen LogP contribution in [0, 0.1) is 23.7 Å². The molecule has 2 unspecified atom stereocenters. The van der Waals surface area contributed by atoms with Gasteiger partial charge in [-0.05, 0) is 97.9 Å². The smallest absolute Gasteiger partial charge is 0.161 e. The van der Waals surface area contributed by atoms with Gasteiger partial charge in [0, 0.05) is 12.1 Å². The zero-order valence-electron chi connectivity index (χ0n) is 20.3. The van der Waals surface area contributed by atoms with Gasteiger partial charge in [-0.2, -0.15) is 0 Å². The summed E-state index contributed by atoms with van der Waals surface area (Å²) < 4.78 is 12.1. The first kappa shape index (κ1) is 21.8. The molecule has 0 heterocycles. The minimum atomic E-state index is 0.314. The summed E-state index contributed by atoms with van der Waals surface area (Å²) in [5.41, 5.74) is 5.13. The number of benzene rings is 2. The first-order valence-corrected chi connectivity index (χ1v) is 12.5. The van der Waals surface area contributed by atoms with Crippen molar-refractivity contribution in [2.24, 2.45) is 16.7 Å². The van der Waals surface area contributed by atoms with E-state index < -0.39 is 0 Å². The SMILES string of the molecule is CCOc1cc(CNC23CC4CC(C)(CC(C)(C4)C2)C3)ccc1OCc1ccccc1C. The van der Waals surface area contributed by atoms with Gasteiger partial charge in [0.05, 0.1) is 6.61 Å². The first-order valence-electron chi connectivity index (χ1n) is 12.5. The van der Waals surface area contributed by atoms with Crippen LogP contribution in [0.4, 0.5) is 0 Å². The Bertz CT molecular complexity index is 965. The lowest BCUT2D eigenvalue weighted by molar-refractivity contribution is -0.118. The number of hydrogen-bond acceptors (Lipinski definition) is 3. The molecule has 0 aromatic heterocycles. The summed E-state index contributed by atoms with van der Waals surface area (Å²) in [5, 5.41) is 4.05. The van der Waals surface area contributed by atoms with E-state index in [0.29, 0.717) is 29.6 Å². The topological polar surface area (TPSA) is 30.5 Å². The normalized spacial score (nSPS) is 32.8. The lowest BCUT2D eigenvalue weighted by atomic mass is 9.43. The van der Waals surface area contributed by atoms with Crippen LogP contribution in [-0.2, 0) is 13.2 Å². The summed E-state index contributed by atoms with van der Waals surface area (Å²) in [6.45, 7) is 11.3. The molecular weight excluding hydrogens is 394 g/mol. The maximum Gasteiger partial charge on any atom is 0.161 e. The highest BCUT2D eigenvalue weighted by Crippen LogP contribution is 2.66. The molecular formula is C29H39NO2. The van der Waals surface area contributed by atoms with Gasteiger partial charge in [0.1, 0.15) is 6.61 Å². The Morgan fingerprint density at radius 3 is 2.34 bits per heavy atom. The van der Waals surface area contributed by atoms with Crippen LogP contribution >= 0.6 is 0 Å². The highest BCUT2D eigenvalue weighted by atomic mass is 16.5. The molecule has 4 fully saturated rings. The van der Waals surface area contributed by atoms with Crippen LogP contribution in [0.3, 0.4) is 0 Å². The summed E-state index contributed by atoms with van der Waals surface area (Å²) in [6.07, 6.45) is 8.32. The van der Waals surface area contributed by atoms with E-state index in [9.17, 15) is 0 Å². The van der Waals surface area contributed by atoms with Crippen LogP contribution in [0.5, 0.6) is 11.5 Å². The third-order valence-corrected chi connectivity index (χ3v) is 8.25. The lowest BCUT2D eigenvalue weighted by Crippen LogP contribution is -2.63. The van der Waals surface area contributed by atoms with Gasteiger partial charge in [-0.3, -0.25) is 0 Å². The minimum absolute atomic E-state index is 0.314. The van der Waals surface area contributed by atoms with E-state index in [0.717, 1.165) is 24.0 Å². The quantitative estimate of drug-likeness (QED) is 0.496. The van der Waals surface area contributed by atoms with Gasteiger partial charge >= 0.3 is 0 Å². The second kappa shape index (κ2) is 8.09. The third-order valence-electron chi connectivity index (χ3n) is 8.25. The molecule has 2 atom stereocenters. The first-order chi connectivity index (χ1) is 15.3. The van der Waals surface area contributed by atoms with Crippen LogP contribution in [0.2, 0.25) is 0 Å². The standard InChI is InChI=1S/C29H39NO2/c1-5-31-26-12-22(10-11-25(26)32-17-24-9-7-6-8-21(24)2)16-30-29-15-23-13-27(3,19-29)18-28(4,14-23)20-29/h6-12,23,30H,5,13-20H2,1-4H3. The number of rotatable bonds is 8. The number of nitrogens with one attached hydrogen (secondary N) is 1. The fourth-order valence-corrected chi connectivity index (χ4v) is 7.91. The molecule has 32 heavy (non-hydrogen) atoms. The Morgan fingerprint density at radius 1 is 0.906 bits per heavy atom. The van der Waals surface area contributed by atoms with Crippen LogP contribution in [-0.4, -0.2) is 12.1 Å². The van der Waals surface area contributed by atoms with Crippen molar-refractivity contribution in [1.29, 1.82) is 0 Å². The molecule has 2 aromatic rings. The molecule has 0 radical (unpaired) electrons. The maximum absolute atomic E-state index is 6.17. The molecule has 4 bridgehead atoms. The molecule has 3 nitrogen and oxygen atoms in total. The highest BCUT2D eigenvalue weighted by Gasteiger charge is 2.59. The Balaban J connectivity index is 1.28. The van der Waals surface area contributed by atoms with Crippen LogP contribution in [0.1, 0.15) is 76.0 Å². The van der Waals surface area contributed by atoms with Crippen molar-refractivity contribution in [2.75, 3.05) is 6.61 Å². The average Bonchev–Trinajstić information content (AvgIpc) is 2.70. The molecule has 2 aromatic carbocycles. The maximum atomic E-state index is 6.17. The molecule has 4 aliphatic carbocycles. The van der Waals surface area contributed by atoms with Gasteiger partial charge in [-0.15, -0.1) is 0 Å². The molecule has 1 N–H and O–H groups in total. The Morgan fingerprint density at radius 2 is 1.66 bits per heavy atom. The fraction of sp³-hybridized carbons (Fsp3) is 0.586. The zero-order valence-corrected chi connectivity index (χ0v) is 20.3. The van der Waals surface area contributed by atoms with E-state index in [1.54, 1.807) is 0 Å². The number of ether oxygens (including phenoxy) is 2. The van der Waals surface area contributed by atoms with Crippen LogP contribution in [0.25, 0.3) is 0 Å². The lowest BCUT2D eigenvalue weighted by Gasteiger charge is -2.65. The molecule has 3 heteroatoms. The summed E-state index contributed by atoms with van der Waals surface area (Å²) in [5.74, 6) is 2.59. The largest absolute Gasteiger partial charge is 0.490 e. The van der Waals surface area contributed by atoms with E-state index in [2.05, 4.69) is 68.6 Å². The molecule has 4 saturated carbocycles. The summed E-state index contributed by atoms with van der Waals surface area (Å²) in [7, 11) is 0.